The van der Waals surface area contributed by atoms with Crippen molar-refractivity contribution in [3.63, 3.8) is 0 Å². The number of allylic oxidation sites excluding steroid dienone is 1. The number of nitrogens with zero attached hydrogens (tertiary/aromatic N) is 2. The maximum Gasteiger partial charge on any atom is 0.121 e. The molecule has 6 heteroatoms. The molecule has 1 heterocycles. The zero-order valence-electron chi connectivity index (χ0n) is 11.3. The fourth-order valence-electron chi connectivity index (χ4n) is 1.88. The van der Waals surface area contributed by atoms with E-state index in [9.17, 15) is 0 Å². The van der Waals surface area contributed by atoms with Crippen molar-refractivity contribution >= 4 is 35.7 Å². The molecule has 100 valence electrons. The summed E-state index contributed by atoms with van der Waals surface area (Å²) >= 11 is 5.28. The second-order valence-electron chi connectivity index (χ2n) is 3.99. The minimum absolute atomic E-state index is 0.606. The minimum atomic E-state index is 0.606. The molecule has 1 aliphatic heterocycles. The van der Waals surface area contributed by atoms with Crippen LogP contribution in [-0.2, 0) is 0 Å². The van der Waals surface area contributed by atoms with Gasteiger partial charge in [0.25, 0.3) is 0 Å². The Morgan fingerprint density at radius 3 is 2.29 bits per heavy atom. The number of unbranched alkanes of at least 4 members (excludes halogenated alkanes) is 1. The Bertz CT molecular complexity index is 271. The van der Waals surface area contributed by atoms with E-state index < -0.39 is 0 Å². The normalized spacial score (nSPS) is 18.2. The lowest BCUT2D eigenvalue weighted by Gasteiger charge is -2.23. The highest BCUT2D eigenvalue weighted by molar-refractivity contribution is 8.04. The number of hydrazine groups is 2. The van der Waals surface area contributed by atoms with Crippen LogP contribution >= 0.6 is 35.7 Å². The summed E-state index contributed by atoms with van der Waals surface area (Å²) < 4.78 is 4.35. The Kier molecular flexibility index (Phi) is 6.99. The Balaban J connectivity index is 2.86. The molecule has 1 atom stereocenters. The first-order chi connectivity index (χ1) is 8.19. The van der Waals surface area contributed by atoms with Gasteiger partial charge in [0.15, 0.2) is 0 Å². The van der Waals surface area contributed by atoms with E-state index in [1.807, 2.05) is 11.8 Å². The van der Waals surface area contributed by atoms with E-state index in [1.54, 1.807) is 23.9 Å². The quantitative estimate of drug-likeness (QED) is 0.712. The minimum Gasteiger partial charge on any atom is -0.233 e. The maximum absolute atomic E-state index is 3.40. The summed E-state index contributed by atoms with van der Waals surface area (Å²) in [4.78, 5) is 0. The van der Waals surface area contributed by atoms with Crippen molar-refractivity contribution in [3.05, 3.63) is 10.7 Å². The van der Waals surface area contributed by atoms with Gasteiger partial charge in [-0.05, 0) is 36.6 Å². The largest absolute Gasteiger partial charge is 0.233 e. The van der Waals surface area contributed by atoms with Gasteiger partial charge in [0.05, 0.1) is 5.70 Å². The summed E-state index contributed by atoms with van der Waals surface area (Å²) in [6.45, 7) is 4.58. The lowest BCUT2D eigenvalue weighted by atomic mass is 10.0. The third-order valence-corrected chi connectivity index (χ3v) is 4.99. The summed E-state index contributed by atoms with van der Waals surface area (Å²) in [5.41, 5.74) is 4.82. The predicted molar refractivity (Wildman–Crippen MR) is 83.1 cm³/mol. The average Bonchev–Trinajstić information content (AvgIpc) is 2.73. The second kappa shape index (κ2) is 7.71. The van der Waals surface area contributed by atoms with E-state index in [0.717, 1.165) is 0 Å². The average molecular weight is 294 g/mol. The van der Waals surface area contributed by atoms with E-state index in [1.165, 1.54) is 30.0 Å². The molecule has 1 rings (SSSR count). The van der Waals surface area contributed by atoms with Crippen LogP contribution in [-0.4, -0.2) is 27.6 Å². The highest BCUT2D eigenvalue weighted by Crippen LogP contribution is 2.39. The van der Waals surface area contributed by atoms with Crippen molar-refractivity contribution in [2.24, 2.45) is 5.92 Å². The number of hydrogen-bond donors (Lipinski definition) is 1. The molecule has 1 aliphatic rings. The van der Waals surface area contributed by atoms with Gasteiger partial charge in [-0.3, -0.25) is 0 Å². The molecule has 0 aromatic heterocycles. The van der Waals surface area contributed by atoms with E-state index in [0.29, 0.717) is 5.92 Å². The molecular weight excluding hydrogens is 270 g/mol. The number of thioether (sulfide) groups is 1. The van der Waals surface area contributed by atoms with E-state index in [4.69, 9.17) is 0 Å². The zero-order chi connectivity index (χ0) is 12.8. The van der Waals surface area contributed by atoms with Crippen LogP contribution < -0.4 is 5.53 Å². The Morgan fingerprint density at radius 2 is 1.82 bits per heavy atom. The Hall–Kier alpha value is 0.350. The van der Waals surface area contributed by atoms with Crippen molar-refractivity contribution in [2.45, 2.75) is 33.1 Å². The molecule has 0 bridgehead atoms. The third kappa shape index (κ3) is 3.66. The SMILES string of the molecule is CCCCC(C)C1=C(SC)N(SC)NN1SC. The third-order valence-electron chi connectivity index (χ3n) is 2.82. The number of hydrogen-bond acceptors (Lipinski definition) is 6. The van der Waals surface area contributed by atoms with Crippen LogP contribution in [0.4, 0.5) is 0 Å². The number of rotatable bonds is 7. The van der Waals surface area contributed by atoms with Crippen molar-refractivity contribution in [2.75, 3.05) is 18.8 Å². The van der Waals surface area contributed by atoms with Crippen LogP contribution in [0.5, 0.6) is 0 Å². The van der Waals surface area contributed by atoms with Crippen molar-refractivity contribution in [1.82, 2.24) is 14.4 Å². The summed E-state index contributed by atoms with van der Waals surface area (Å²) in [7, 11) is 0. The molecule has 1 N–H and O–H groups in total. The molecule has 0 radical (unpaired) electrons. The lowest BCUT2D eigenvalue weighted by Crippen LogP contribution is -2.33. The van der Waals surface area contributed by atoms with Gasteiger partial charge in [-0.15, -0.1) is 17.3 Å². The molecule has 0 fully saturated rings. The van der Waals surface area contributed by atoms with Gasteiger partial charge < -0.3 is 0 Å². The summed E-state index contributed by atoms with van der Waals surface area (Å²) in [5, 5.41) is 1.34. The van der Waals surface area contributed by atoms with Gasteiger partial charge in [-0.1, -0.05) is 26.7 Å². The fraction of sp³-hybridized carbons (Fsp3) is 0.818. The highest BCUT2D eigenvalue weighted by atomic mass is 32.2. The van der Waals surface area contributed by atoms with Crippen LogP contribution in [0.1, 0.15) is 33.1 Å². The molecule has 1 unspecified atom stereocenters. The van der Waals surface area contributed by atoms with Gasteiger partial charge in [0.2, 0.25) is 0 Å². The maximum atomic E-state index is 3.40. The van der Waals surface area contributed by atoms with Crippen LogP contribution in [0.2, 0.25) is 0 Å². The fourth-order valence-corrected chi connectivity index (χ4v) is 4.20. The molecule has 3 nitrogen and oxygen atoms in total. The first-order valence-electron chi connectivity index (χ1n) is 5.92. The van der Waals surface area contributed by atoms with Crippen LogP contribution in [0.15, 0.2) is 10.7 Å². The van der Waals surface area contributed by atoms with Crippen LogP contribution in [0, 0.1) is 5.92 Å². The van der Waals surface area contributed by atoms with Crippen LogP contribution in [0.3, 0.4) is 0 Å². The topological polar surface area (TPSA) is 18.5 Å². The first-order valence-corrected chi connectivity index (χ1v) is 9.51. The molecule has 0 amide bonds. The van der Waals surface area contributed by atoms with E-state index >= 15 is 0 Å². The van der Waals surface area contributed by atoms with Gasteiger partial charge >= 0.3 is 0 Å². The zero-order valence-corrected chi connectivity index (χ0v) is 13.8. The summed E-state index contributed by atoms with van der Waals surface area (Å²) in [5.74, 6) is 0.606. The van der Waals surface area contributed by atoms with Crippen LogP contribution in [0.25, 0.3) is 0 Å². The summed E-state index contributed by atoms with van der Waals surface area (Å²) in [6, 6.07) is 0. The standard InChI is InChI=1S/C11H23N3S3/c1-6-7-8-9(2)10-11(15-3)14(17-5)12-13(10)16-4/h9,12H,6-8H2,1-5H3. The monoisotopic (exact) mass is 293 g/mol. The van der Waals surface area contributed by atoms with Gasteiger partial charge in [-0.2, -0.15) is 0 Å². The van der Waals surface area contributed by atoms with Crippen molar-refractivity contribution in [3.8, 4) is 0 Å². The smallest absolute Gasteiger partial charge is 0.121 e. The molecule has 0 saturated heterocycles. The summed E-state index contributed by atoms with van der Waals surface area (Å²) in [6.07, 6.45) is 10.2. The molecular formula is C11H23N3S3. The predicted octanol–water partition coefficient (Wildman–Crippen LogP) is 3.94. The van der Waals surface area contributed by atoms with Gasteiger partial charge in [0, 0.05) is 18.4 Å². The molecule has 17 heavy (non-hydrogen) atoms. The number of nitrogens with one attached hydrogen (secondary N) is 1. The molecule has 0 spiro atoms. The Morgan fingerprint density at radius 1 is 1.18 bits per heavy atom. The Labute approximate surface area is 118 Å². The van der Waals surface area contributed by atoms with Crippen molar-refractivity contribution in [1.29, 1.82) is 0 Å². The molecule has 0 aliphatic carbocycles. The second-order valence-corrected chi connectivity index (χ2v) is 6.25. The van der Waals surface area contributed by atoms with Crippen molar-refractivity contribution < 1.29 is 0 Å². The molecule has 0 aromatic rings. The first kappa shape index (κ1) is 15.4. The highest BCUT2D eigenvalue weighted by Gasteiger charge is 2.31. The van der Waals surface area contributed by atoms with E-state index in [-0.39, 0.29) is 0 Å². The molecule has 0 saturated carbocycles. The van der Waals surface area contributed by atoms with Gasteiger partial charge in [-0.25, -0.2) is 8.83 Å². The van der Waals surface area contributed by atoms with Gasteiger partial charge in [0.1, 0.15) is 5.03 Å². The molecule has 0 aromatic carbocycles. The van der Waals surface area contributed by atoms with E-state index in [2.05, 4.69) is 47.0 Å². The lowest BCUT2D eigenvalue weighted by molar-refractivity contribution is 0.310.